The van der Waals surface area contributed by atoms with Crippen molar-refractivity contribution < 1.29 is 27.9 Å². The van der Waals surface area contributed by atoms with Gasteiger partial charge in [0.1, 0.15) is 17.5 Å². The van der Waals surface area contributed by atoms with E-state index in [1.54, 1.807) is 42.5 Å². The average Bonchev–Trinajstić information content (AvgIpc) is 2.96. The molecule has 0 aliphatic carbocycles. The molecule has 238 valence electrons. The minimum absolute atomic E-state index is 0.0202. The molecule has 44 heavy (non-hydrogen) atoms. The molecule has 1 heterocycles. The fourth-order valence-corrected chi connectivity index (χ4v) is 5.96. The van der Waals surface area contributed by atoms with Gasteiger partial charge in [-0.15, -0.1) is 0 Å². The van der Waals surface area contributed by atoms with Crippen LogP contribution >= 0.6 is 0 Å². The summed E-state index contributed by atoms with van der Waals surface area (Å²) in [7, 11) is -1.26. The molecule has 12 nitrogen and oxygen atoms in total. The number of nitrogens with two attached hydrogens (primary N) is 1. The van der Waals surface area contributed by atoms with Gasteiger partial charge in [-0.25, -0.2) is 4.98 Å². The van der Waals surface area contributed by atoms with Crippen LogP contribution in [0, 0.1) is 5.92 Å². The van der Waals surface area contributed by atoms with Crippen molar-refractivity contribution in [3.63, 3.8) is 0 Å². The van der Waals surface area contributed by atoms with Crippen LogP contribution in [-0.4, -0.2) is 83.8 Å². The van der Waals surface area contributed by atoms with Crippen molar-refractivity contribution in [1.29, 1.82) is 0 Å². The lowest BCUT2D eigenvalue weighted by molar-refractivity contribution is -0.127. The fourth-order valence-electron chi connectivity index (χ4n) is 4.64. The molecule has 3 rings (SSSR count). The van der Waals surface area contributed by atoms with E-state index in [1.807, 2.05) is 32.0 Å². The molecule has 0 spiro atoms. The first-order chi connectivity index (χ1) is 20.7. The maximum Gasteiger partial charge on any atom is 0.283 e. The maximum atomic E-state index is 13.4. The summed E-state index contributed by atoms with van der Waals surface area (Å²) in [6.07, 6.45) is -0.123. The predicted octanol–water partition coefficient (Wildman–Crippen LogP) is 1.80. The molecule has 5 N–H and O–H groups in total. The summed E-state index contributed by atoms with van der Waals surface area (Å²) >= 11 is 0. The minimum atomic E-state index is -4.06. The standard InChI is InChI=1S/C31H42N6O6S/c1-22(2)16-19-37(44(42,43)36(3)4)31(41,21-23-10-6-5-7-11-23)17-18-33-28(38)20-27(29(32)39)35-30(40)26-15-14-24-12-8-9-13-25(24)34-26/h5-15,22,27,41H,16-21H2,1-4H3,(H2,32,39)(H,33,38)(H,35,40)/t27-,31?/m0/s1. The second-order valence-corrected chi connectivity index (χ2v) is 13.4. The van der Waals surface area contributed by atoms with Gasteiger partial charge in [0, 0.05) is 45.4 Å². The molecule has 2 atom stereocenters. The second kappa shape index (κ2) is 15.2. The number of benzene rings is 2. The number of primary amides is 1. The van der Waals surface area contributed by atoms with E-state index >= 15 is 0 Å². The van der Waals surface area contributed by atoms with Gasteiger partial charge in [0.25, 0.3) is 16.1 Å². The Morgan fingerprint density at radius 2 is 1.66 bits per heavy atom. The highest BCUT2D eigenvalue weighted by atomic mass is 32.2. The predicted molar refractivity (Wildman–Crippen MR) is 168 cm³/mol. The summed E-state index contributed by atoms with van der Waals surface area (Å²) in [4.78, 5) is 42.1. The lowest BCUT2D eigenvalue weighted by Crippen LogP contribution is -2.58. The summed E-state index contributed by atoms with van der Waals surface area (Å²) in [5.41, 5.74) is 4.97. The Morgan fingerprint density at radius 3 is 2.30 bits per heavy atom. The Kier molecular flexibility index (Phi) is 11.9. The van der Waals surface area contributed by atoms with Crippen LogP contribution in [0.5, 0.6) is 0 Å². The number of aromatic nitrogens is 1. The molecular formula is C31H42N6O6S. The van der Waals surface area contributed by atoms with E-state index in [0.717, 1.165) is 14.0 Å². The van der Waals surface area contributed by atoms with E-state index in [2.05, 4.69) is 15.6 Å². The highest BCUT2D eigenvalue weighted by Gasteiger charge is 2.43. The number of amides is 3. The van der Waals surface area contributed by atoms with E-state index in [0.29, 0.717) is 17.5 Å². The van der Waals surface area contributed by atoms with Gasteiger partial charge in [-0.05, 0) is 30.0 Å². The summed E-state index contributed by atoms with van der Waals surface area (Å²) in [5, 5.41) is 17.9. The first kappa shape index (κ1) is 34.6. The molecule has 1 aromatic heterocycles. The molecule has 0 fully saturated rings. The van der Waals surface area contributed by atoms with Crippen molar-refractivity contribution >= 4 is 38.8 Å². The van der Waals surface area contributed by atoms with Crippen LogP contribution in [0.25, 0.3) is 10.9 Å². The van der Waals surface area contributed by atoms with E-state index in [-0.39, 0.29) is 37.5 Å². The zero-order chi connectivity index (χ0) is 32.5. The van der Waals surface area contributed by atoms with Gasteiger partial charge in [-0.2, -0.15) is 17.0 Å². The Morgan fingerprint density at radius 1 is 1.00 bits per heavy atom. The molecule has 3 aromatic rings. The normalized spacial score (nSPS) is 14.0. The zero-order valence-corrected chi connectivity index (χ0v) is 26.4. The number of fused-ring (bicyclic) bond motifs is 1. The number of carbonyl (C=O) groups excluding carboxylic acids is 3. The van der Waals surface area contributed by atoms with Crippen LogP contribution in [-0.2, 0) is 26.2 Å². The molecule has 3 amide bonds. The number of aliphatic hydroxyl groups is 1. The van der Waals surface area contributed by atoms with Crippen molar-refractivity contribution in [1.82, 2.24) is 24.2 Å². The summed E-state index contributed by atoms with van der Waals surface area (Å²) in [5.74, 6) is -2.03. The smallest absolute Gasteiger partial charge is 0.283 e. The van der Waals surface area contributed by atoms with Gasteiger partial charge >= 0.3 is 0 Å². The number of carbonyl (C=O) groups is 3. The first-order valence-corrected chi connectivity index (χ1v) is 15.8. The number of nitrogens with zero attached hydrogens (tertiary/aromatic N) is 3. The minimum Gasteiger partial charge on any atom is -0.374 e. The van der Waals surface area contributed by atoms with Crippen molar-refractivity contribution in [2.24, 2.45) is 11.7 Å². The van der Waals surface area contributed by atoms with Gasteiger partial charge in [-0.3, -0.25) is 14.4 Å². The Bertz CT molecular complexity index is 1550. The topological polar surface area (TPSA) is 175 Å². The third kappa shape index (κ3) is 9.29. The highest BCUT2D eigenvalue weighted by molar-refractivity contribution is 7.86. The van der Waals surface area contributed by atoms with Crippen LogP contribution in [0.2, 0.25) is 0 Å². The largest absolute Gasteiger partial charge is 0.374 e. The Labute approximate surface area is 258 Å². The van der Waals surface area contributed by atoms with Crippen LogP contribution in [0.4, 0.5) is 0 Å². The quantitative estimate of drug-likeness (QED) is 0.175. The molecule has 0 saturated heterocycles. The van der Waals surface area contributed by atoms with E-state index in [9.17, 15) is 27.9 Å². The van der Waals surface area contributed by atoms with E-state index in [1.165, 1.54) is 20.2 Å². The van der Waals surface area contributed by atoms with Gasteiger partial charge in [0.05, 0.1) is 11.9 Å². The molecule has 13 heteroatoms. The number of para-hydroxylation sites is 1. The van der Waals surface area contributed by atoms with Gasteiger partial charge < -0.3 is 21.5 Å². The molecule has 0 aliphatic rings. The van der Waals surface area contributed by atoms with Crippen molar-refractivity contribution in [3.05, 3.63) is 78.0 Å². The maximum absolute atomic E-state index is 13.4. The second-order valence-electron chi connectivity index (χ2n) is 11.3. The van der Waals surface area contributed by atoms with Crippen molar-refractivity contribution in [2.75, 3.05) is 27.2 Å². The van der Waals surface area contributed by atoms with Crippen LogP contribution in [0.15, 0.2) is 66.7 Å². The number of rotatable bonds is 16. The van der Waals surface area contributed by atoms with Crippen molar-refractivity contribution in [2.45, 2.75) is 51.3 Å². The molecule has 0 aliphatic heterocycles. The monoisotopic (exact) mass is 626 g/mol. The Balaban J connectivity index is 1.73. The third-order valence-corrected chi connectivity index (χ3v) is 9.16. The van der Waals surface area contributed by atoms with Crippen LogP contribution in [0.1, 0.15) is 49.2 Å². The molecule has 0 radical (unpaired) electrons. The highest BCUT2D eigenvalue weighted by Crippen LogP contribution is 2.27. The molecule has 1 unspecified atom stereocenters. The fraction of sp³-hybridized carbons (Fsp3) is 0.419. The molecular weight excluding hydrogens is 584 g/mol. The molecule has 2 aromatic carbocycles. The first-order valence-electron chi connectivity index (χ1n) is 14.4. The lowest BCUT2D eigenvalue weighted by atomic mass is 9.98. The van der Waals surface area contributed by atoms with E-state index < -0.39 is 46.1 Å². The molecule has 0 saturated carbocycles. The van der Waals surface area contributed by atoms with Crippen LogP contribution < -0.4 is 16.4 Å². The third-order valence-electron chi connectivity index (χ3n) is 7.16. The summed E-state index contributed by atoms with van der Waals surface area (Å²) in [6, 6.07) is 18.1. The van der Waals surface area contributed by atoms with Gasteiger partial charge in [0.15, 0.2) is 0 Å². The van der Waals surface area contributed by atoms with Gasteiger partial charge in [0.2, 0.25) is 11.8 Å². The SMILES string of the molecule is CC(C)CCN(C(O)(CCNC(=O)C[C@H](NC(=O)c1ccc2ccccc2n1)C(N)=O)Cc1ccccc1)S(=O)(=O)N(C)C. The Hall–Kier alpha value is -3.91. The summed E-state index contributed by atoms with van der Waals surface area (Å²) in [6.45, 7) is 3.87. The van der Waals surface area contributed by atoms with Crippen LogP contribution in [0.3, 0.4) is 0 Å². The van der Waals surface area contributed by atoms with Gasteiger partial charge in [-0.1, -0.05) is 68.4 Å². The number of hydrogen-bond acceptors (Lipinski definition) is 7. The number of pyridine rings is 1. The number of nitrogens with one attached hydrogen (secondary N) is 2. The molecule has 0 bridgehead atoms. The summed E-state index contributed by atoms with van der Waals surface area (Å²) < 4.78 is 28.9. The lowest BCUT2D eigenvalue weighted by Gasteiger charge is -2.40. The number of hydrogen-bond donors (Lipinski definition) is 4. The van der Waals surface area contributed by atoms with E-state index in [4.69, 9.17) is 5.73 Å². The average molecular weight is 627 g/mol. The van der Waals surface area contributed by atoms with Crippen molar-refractivity contribution in [3.8, 4) is 0 Å². The zero-order valence-electron chi connectivity index (χ0n) is 25.6.